The van der Waals surface area contributed by atoms with Gasteiger partial charge in [0.2, 0.25) is 0 Å². The zero-order valence-electron chi connectivity index (χ0n) is 8.26. The highest BCUT2D eigenvalue weighted by Gasteiger charge is 2.42. The third kappa shape index (κ3) is 1.49. The first-order valence-electron chi connectivity index (χ1n) is 4.06. The first kappa shape index (κ1) is 9.23. The molecule has 0 N–H and O–H groups in total. The first-order chi connectivity index (χ1) is 5.23. The number of nitrogens with zero attached hydrogens (tertiary/aromatic N) is 1. The van der Waals surface area contributed by atoms with Crippen molar-refractivity contribution in [2.75, 3.05) is 0 Å². The third-order valence-electron chi connectivity index (χ3n) is 1.83. The average molecular weight is 169 g/mol. The van der Waals surface area contributed by atoms with Gasteiger partial charge in [-0.25, -0.2) is 4.79 Å². The number of carbonyl (C=O) groups is 1. The Labute approximate surface area is 72.8 Å². The van der Waals surface area contributed by atoms with E-state index in [1.54, 1.807) is 0 Å². The smallest absolute Gasteiger partial charge is 0.434 e. The largest absolute Gasteiger partial charge is 0.436 e. The van der Waals surface area contributed by atoms with Gasteiger partial charge >= 0.3 is 6.09 Å². The van der Waals surface area contributed by atoms with Crippen LogP contribution in [0.15, 0.2) is 4.99 Å². The Morgan fingerprint density at radius 1 is 1.33 bits per heavy atom. The Morgan fingerprint density at radius 2 is 1.83 bits per heavy atom. The summed E-state index contributed by atoms with van der Waals surface area (Å²) in [7, 11) is 0. The number of hydrogen-bond donors (Lipinski definition) is 0. The zero-order chi connectivity index (χ0) is 9.57. The maximum absolute atomic E-state index is 10.9. The van der Waals surface area contributed by atoms with Crippen molar-refractivity contribution in [3.63, 3.8) is 0 Å². The lowest BCUT2D eigenvalue weighted by Gasteiger charge is -2.28. The summed E-state index contributed by atoms with van der Waals surface area (Å²) in [5.41, 5.74) is 0.186. The van der Waals surface area contributed by atoms with Crippen LogP contribution in [0.5, 0.6) is 0 Å². The molecule has 0 aromatic heterocycles. The molecule has 0 bridgehead atoms. The lowest BCUT2D eigenvalue weighted by atomic mass is 9.81. The van der Waals surface area contributed by atoms with E-state index >= 15 is 0 Å². The molecule has 68 valence electrons. The van der Waals surface area contributed by atoms with E-state index in [2.05, 4.69) is 4.99 Å². The van der Waals surface area contributed by atoms with Gasteiger partial charge in [-0.1, -0.05) is 20.8 Å². The Morgan fingerprint density at radius 3 is 2.00 bits per heavy atom. The van der Waals surface area contributed by atoms with E-state index in [0.717, 1.165) is 5.71 Å². The summed E-state index contributed by atoms with van der Waals surface area (Å²) in [5, 5.41) is 0. The fraction of sp³-hybridized carbons (Fsp3) is 0.778. The highest BCUT2D eigenvalue weighted by Crippen LogP contribution is 2.31. The number of carbonyl (C=O) groups excluding carboxylic acids is 1. The zero-order valence-corrected chi connectivity index (χ0v) is 8.26. The highest BCUT2D eigenvalue weighted by atomic mass is 16.6. The Bertz CT molecular complexity index is 246. The Kier molecular flexibility index (Phi) is 1.78. The van der Waals surface area contributed by atoms with Crippen LogP contribution in [0, 0.1) is 5.41 Å². The molecule has 0 saturated heterocycles. The van der Waals surface area contributed by atoms with Crippen molar-refractivity contribution >= 4 is 11.8 Å². The summed E-state index contributed by atoms with van der Waals surface area (Å²) < 4.78 is 5.05. The van der Waals surface area contributed by atoms with Gasteiger partial charge in [0.1, 0.15) is 5.60 Å². The normalized spacial score (nSPS) is 22.1. The molecule has 0 atom stereocenters. The lowest BCUT2D eigenvalue weighted by Crippen LogP contribution is -2.38. The molecule has 1 rings (SSSR count). The number of cyclic esters (lactones) is 1. The minimum absolute atomic E-state index is 0.102. The van der Waals surface area contributed by atoms with Crippen molar-refractivity contribution in [2.45, 2.75) is 40.2 Å². The third-order valence-corrected chi connectivity index (χ3v) is 1.83. The van der Waals surface area contributed by atoms with E-state index < -0.39 is 11.7 Å². The topological polar surface area (TPSA) is 38.7 Å². The molecule has 0 aromatic rings. The highest BCUT2D eigenvalue weighted by molar-refractivity contribution is 6.06. The van der Waals surface area contributed by atoms with Crippen LogP contribution in [0.25, 0.3) is 0 Å². The van der Waals surface area contributed by atoms with Crippen molar-refractivity contribution in [2.24, 2.45) is 10.4 Å². The van der Waals surface area contributed by atoms with Crippen LogP contribution in [0.1, 0.15) is 34.6 Å². The minimum atomic E-state index is -0.532. The molecule has 1 heterocycles. The van der Waals surface area contributed by atoms with Crippen LogP contribution in [0.2, 0.25) is 0 Å². The summed E-state index contributed by atoms with van der Waals surface area (Å²) in [5.74, 6) is 0. The molecular weight excluding hydrogens is 154 g/mol. The molecule has 1 amide bonds. The standard InChI is InChI=1S/C9H15NO2/c1-8(2,3)6-9(4,5)12-7(11)10-6/h1-5H3. The molecular formula is C9H15NO2. The van der Waals surface area contributed by atoms with E-state index in [-0.39, 0.29) is 5.41 Å². The average Bonchev–Trinajstić information content (AvgIpc) is 2.02. The van der Waals surface area contributed by atoms with Crippen molar-refractivity contribution in [1.82, 2.24) is 0 Å². The fourth-order valence-corrected chi connectivity index (χ4v) is 1.59. The number of rotatable bonds is 0. The molecule has 0 unspecified atom stereocenters. The van der Waals surface area contributed by atoms with Crippen molar-refractivity contribution in [3.8, 4) is 0 Å². The molecule has 0 saturated carbocycles. The van der Waals surface area contributed by atoms with Crippen LogP contribution in [-0.2, 0) is 4.74 Å². The molecule has 0 spiro atoms. The number of aliphatic imine (C=N–C) groups is 1. The second kappa shape index (κ2) is 2.31. The van der Waals surface area contributed by atoms with Gasteiger partial charge in [-0.05, 0) is 13.8 Å². The maximum Gasteiger partial charge on any atom is 0.434 e. The SMILES string of the molecule is CC(C)(C)C1=NC(=O)OC1(C)C. The fourth-order valence-electron chi connectivity index (χ4n) is 1.59. The van der Waals surface area contributed by atoms with Gasteiger partial charge in [-0.2, -0.15) is 4.99 Å². The number of hydrogen-bond acceptors (Lipinski definition) is 2. The molecule has 0 fully saturated rings. The maximum atomic E-state index is 10.9. The van der Waals surface area contributed by atoms with Crippen LogP contribution in [0.3, 0.4) is 0 Å². The summed E-state index contributed by atoms with van der Waals surface area (Å²) in [4.78, 5) is 14.8. The van der Waals surface area contributed by atoms with Crippen LogP contribution in [-0.4, -0.2) is 17.4 Å². The predicted octanol–water partition coefficient (Wildman–Crippen LogP) is 2.40. The van der Waals surface area contributed by atoms with E-state index in [1.807, 2.05) is 34.6 Å². The van der Waals surface area contributed by atoms with Gasteiger partial charge in [0, 0.05) is 5.41 Å². The van der Waals surface area contributed by atoms with Gasteiger partial charge in [0.15, 0.2) is 0 Å². The molecule has 3 nitrogen and oxygen atoms in total. The summed E-state index contributed by atoms with van der Waals surface area (Å²) in [6, 6.07) is 0. The Hall–Kier alpha value is -0.860. The van der Waals surface area contributed by atoms with E-state index in [0.29, 0.717) is 0 Å². The van der Waals surface area contributed by atoms with E-state index in [4.69, 9.17) is 4.74 Å². The van der Waals surface area contributed by atoms with Gasteiger partial charge in [-0.3, -0.25) is 0 Å². The molecule has 0 aromatic carbocycles. The van der Waals surface area contributed by atoms with Gasteiger partial charge in [0.25, 0.3) is 0 Å². The van der Waals surface area contributed by atoms with Crippen LogP contribution in [0.4, 0.5) is 4.79 Å². The first-order valence-corrected chi connectivity index (χ1v) is 4.06. The molecule has 0 radical (unpaired) electrons. The van der Waals surface area contributed by atoms with Gasteiger partial charge < -0.3 is 4.74 Å². The van der Waals surface area contributed by atoms with E-state index in [1.165, 1.54) is 0 Å². The monoisotopic (exact) mass is 169 g/mol. The quantitative estimate of drug-likeness (QED) is 0.558. The predicted molar refractivity (Wildman–Crippen MR) is 47.5 cm³/mol. The van der Waals surface area contributed by atoms with Crippen LogP contribution < -0.4 is 0 Å². The molecule has 0 aliphatic carbocycles. The Balaban J connectivity index is 3.04. The summed E-state index contributed by atoms with van der Waals surface area (Å²) in [6.45, 7) is 9.80. The molecule has 12 heavy (non-hydrogen) atoms. The number of amides is 1. The van der Waals surface area contributed by atoms with Gasteiger partial charge in [0.05, 0.1) is 5.71 Å². The van der Waals surface area contributed by atoms with Crippen molar-refractivity contribution in [3.05, 3.63) is 0 Å². The molecule has 3 heteroatoms. The minimum Gasteiger partial charge on any atom is -0.436 e. The van der Waals surface area contributed by atoms with Crippen molar-refractivity contribution < 1.29 is 9.53 Å². The number of ether oxygens (including phenoxy) is 1. The van der Waals surface area contributed by atoms with E-state index in [9.17, 15) is 4.79 Å². The van der Waals surface area contributed by atoms with Crippen molar-refractivity contribution in [1.29, 1.82) is 0 Å². The van der Waals surface area contributed by atoms with Gasteiger partial charge in [-0.15, -0.1) is 0 Å². The lowest BCUT2D eigenvalue weighted by molar-refractivity contribution is 0.103. The summed E-state index contributed by atoms with van der Waals surface area (Å²) >= 11 is 0. The summed E-state index contributed by atoms with van der Waals surface area (Å²) in [6.07, 6.45) is -0.468. The molecule has 1 aliphatic rings. The second-order valence-corrected chi connectivity index (χ2v) is 4.59. The second-order valence-electron chi connectivity index (χ2n) is 4.59. The van der Waals surface area contributed by atoms with Crippen LogP contribution >= 0.6 is 0 Å². The molecule has 1 aliphatic heterocycles.